The Morgan fingerprint density at radius 2 is 1.62 bits per heavy atom. The minimum Gasteiger partial charge on any atom is -0.508 e. The van der Waals surface area contributed by atoms with Gasteiger partial charge in [-0.2, -0.15) is 0 Å². The molecule has 3 rings (SSSR count). The van der Waals surface area contributed by atoms with Gasteiger partial charge in [0.05, 0.1) is 4.90 Å². The van der Waals surface area contributed by atoms with Crippen LogP contribution >= 0.6 is 0 Å². The van der Waals surface area contributed by atoms with Gasteiger partial charge in [-0.25, -0.2) is 8.42 Å². The summed E-state index contributed by atoms with van der Waals surface area (Å²) in [5.41, 5.74) is 4.65. The molecule has 1 aliphatic carbocycles. The summed E-state index contributed by atoms with van der Waals surface area (Å²) >= 11 is 0. The lowest BCUT2D eigenvalue weighted by Gasteiger charge is -2.17. The zero-order valence-electron chi connectivity index (χ0n) is 13.0. The highest BCUT2D eigenvalue weighted by Gasteiger charge is 2.18. The highest BCUT2D eigenvalue weighted by molar-refractivity contribution is 7.89. The molecule has 0 atom stereocenters. The van der Waals surface area contributed by atoms with E-state index in [2.05, 4.69) is 10.3 Å². The average molecular weight is 346 g/mol. The number of aryl methyl sites for hydroxylation is 2. The first kappa shape index (κ1) is 16.5. The van der Waals surface area contributed by atoms with Crippen LogP contribution in [0.2, 0.25) is 0 Å². The maximum absolute atomic E-state index is 12.3. The van der Waals surface area contributed by atoms with Crippen molar-refractivity contribution in [2.24, 2.45) is 0 Å². The lowest BCUT2D eigenvalue weighted by Crippen LogP contribution is -2.41. The Bertz CT molecular complexity index is 861. The summed E-state index contributed by atoms with van der Waals surface area (Å²) in [6.07, 6.45) is 4.03. The number of carbonyl (C=O) groups excluding carboxylic acids is 1. The molecule has 0 saturated carbocycles. The molecule has 7 heteroatoms. The fraction of sp³-hybridized carbons (Fsp3) is 0.235. The first-order chi connectivity index (χ1) is 11.5. The Balaban J connectivity index is 1.72. The first-order valence-corrected chi connectivity index (χ1v) is 9.17. The van der Waals surface area contributed by atoms with Gasteiger partial charge in [0.25, 0.3) is 15.9 Å². The van der Waals surface area contributed by atoms with Crippen molar-refractivity contribution in [3.63, 3.8) is 0 Å². The number of hydrazine groups is 1. The molecular formula is C17H18N2O4S. The van der Waals surface area contributed by atoms with Crippen LogP contribution in [0.4, 0.5) is 0 Å². The number of sulfonamides is 1. The van der Waals surface area contributed by atoms with E-state index in [1.54, 1.807) is 12.1 Å². The van der Waals surface area contributed by atoms with E-state index in [0.717, 1.165) is 31.2 Å². The summed E-state index contributed by atoms with van der Waals surface area (Å²) in [4.78, 5) is 14.2. The average Bonchev–Trinajstić information content (AvgIpc) is 2.60. The molecule has 0 radical (unpaired) electrons. The molecule has 126 valence electrons. The van der Waals surface area contributed by atoms with E-state index in [-0.39, 0.29) is 16.2 Å². The van der Waals surface area contributed by atoms with E-state index in [1.807, 2.05) is 6.07 Å². The van der Waals surface area contributed by atoms with Crippen LogP contribution in [0.3, 0.4) is 0 Å². The number of hydrogen-bond acceptors (Lipinski definition) is 4. The molecule has 2 aromatic rings. The number of hydrogen-bond donors (Lipinski definition) is 3. The number of aromatic hydroxyl groups is 1. The van der Waals surface area contributed by atoms with E-state index in [1.165, 1.54) is 29.8 Å². The molecular weight excluding hydrogens is 328 g/mol. The second-order valence-electron chi connectivity index (χ2n) is 5.74. The number of amides is 1. The fourth-order valence-corrected chi connectivity index (χ4v) is 3.62. The highest BCUT2D eigenvalue weighted by Crippen LogP contribution is 2.23. The molecule has 0 aliphatic heterocycles. The smallest absolute Gasteiger partial charge is 0.266 e. The van der Waals surface area contributed by atoms with Gasteiger partial charge in [-0.3, -0.25) is 10.2 Å². The third-order valence-corrected chi connectivity index (χ3v) is 5.30. The second kappa shape index (κ2) is 6.62. The Labute approximate surface area is 140 Å². The van der Waals surface area contributed by atoms with Crippen molar-refractivity contribution >= 4 is 15.9 Å². The van der Waals surface area contributed by atoms with Crippen molar-refractivity contribution in [2.75, 3.05) is 0 Å². The summed E-state index contributed by atoms with van der Waals surface area (Å²) in [5, 5.41) is 9.20. The van der Waals surface area contributed by atoms with E-state index >= 15 is 0 Å². The van der Waals surface area contributed by atoms with Crippen LogP contribution in [0.5, 0.6) is 5.75 Å². The minimum absolute atomic E-state index is 0.0289. The molecule has 24 heavy (non-hydrogen) atoms. The van der Waals surface area contributed by atoms with Crippen molar-refractivity contribution in [3.8, 4) is 5.75 Å². The number of phenolic OH excluding ortho intramolecular Hbond substituents is 1. The zero-order valence-corrected chi connectivity index (χ0v) is 13.8. The molecule has 2 aromatic carbocycles. The molecule has 0 aromatic heterocycles. The monoisotopic (exact) mass is 346 g/mol. The number of phenols is 1. The lowest BCUT2D eigenvalue weighted by atomic mass is 9.92. The van der Waals surface area contributed by atoms with Crippen molar-refractivity contribution < 1.29 is 18.3 Å². The van der Waals surface area contributed by atoms with Gasteiger partial charge in [0, 0.05) is 5.56 Å². The predicted molar refractivity (Wildman–Crippen MR) is 89.0 cm³/mol. The maximum Gasteiger partial charge on any atom is 0.266 e. The molecule has 0 unspecified atom stereocenters. The third-order valence-electron chi connectivity index (χ3n) is 4.06. The highest BCUT2D eigenvalue weighted by atomic mass is 32.2. The van der Waals surface area contributed by atoms with E-state index in [0.29, 0.717) is 0 Å². The van der Waals surface area contributed by atoms with Crippen LogP contribution in [0.25, 0.3) is 0 Å². The van der Waals surface area contributed by atoms with Gasteiger partial charge in [-0.05, 0) is 73.2 Å². The van der Waals surface area contributed by atoms with Crippen LogP contribution in [0, 0.1) is 0 Å². The standard InChI is InChI=1S/C17H18N2O4S/c20-15-8-5-13(6-9-15)17(21)18-19-24(22,23)16-10-7-12-3-1-2-4-14(12)11-16/h5-11,19-20H,1-4H2,(H,18,21). The van der Waals surface area contributed by atoms with Gasteiger partial charge in [0.15, 0.2) is 0 Å². The van der Waals surface area contributed by atoms with E-state index in [4.69, 9.17) is 0 Å². The zero-order chi connectivity index (χ0) is 17.2. The second-order valence-corrected chi connectivity index (χ2v) is 7.43. The number of fused-ring (bicyclic) bond motifs is 1. The third kappa shape index (κ3) is 3.58. The van der Waals surface area contributed by atoms with Crippen LogP contribution in [0.15, 0.2) is 47.4 Å². The molecule has 6 nitrogen and oxygen atoms in total. The van der Waals surface area contributed by atoms with Gasteiger partial charge in [0.1, 0.15) is 5.75 Å². The van der Waals surface area contributed by atoms with Gasteiger partial charge < -0.3 is 5.11 Å². The molecule has 0 fully saturated rings. The van der Waals surface area contributed by atoms with Gasteiger partial charge in [0.2, 0.25) is 0 Å². The quantitative estimate of drug-likeness (QED) is 0.737. The lowest BCUT2D eigenvalue weighted by molar-refractivity contribution is 0.0945. The summed E-state index contributed by atoms with van der Waals surface area (Å²) in [6.45, 7) is 0. The molecule has 0 heterocycles. The predicted octanol–water partition coefficient (Wildman–Crippen LogP) is 1.89. The molecule has 0 bridgehead atoms. The van der Waals surface area contributed by atoms with Crippen LogP contribution in [-0.2, 0) is 22.9 Å². The number of benzene rings is 2. The maximum atomic E-state index is 12.3. The Morgan fingerprint density at radius 3 is 2.33 bits per heavy atom. The summed E-state index contributed by atoms with van der Waals surface area (Å²) in [5.74, 6) is -0.572. The Hall–Kier alpha value is -2.38. The van der Waals surface area contributed by atoms with Gasteiger partial charge in [-0.15, -0.1) is 4.83 Å². The van der Waals surface area contributed by atoms with Gasteiger partial charge >= 0.3 is 0 Å². The fourth-order valence-electron chi connectivity index (χ4n) is 2.73. The SMILES string of the molecule is O=C(NNS(=O)(=O)c1ccc2c(c1)CCCC2)c1ccc(O)cc1. The van der Waals surface area contributed by atoms with E-state index < -0.39 is 15.9 Å². The van der Waals surface area contributed by atoms with Crippen molar-refractivity contribution in [1.29, 1.82) is 0 Å². The Morgan fingerprint density at radius 1 is 0.958 bits per heavy atom. The van der Waals surface area contributed by atoms with Gasteiger partial charge in [-0.1, -0.05) is 6.07 Å². The summed E-state index contributed by atoms with van der Waals surface area (Å²) < 4.78 is 24.7. The normalized spacial score (nSPS) is 14.0. The number of carbonyl (C=O) groups is 1. The van der Waals surface area contributed by atoms with Crippen molar-refractivity contribution in [2.45, 2.75) is 30.6 Å². The molecule has 0 spiro atoms. The number of rotatable bonds is 4. The van der Waals surface area contributed by atoms with Crippen LogP contribution in [-0.4, -0.2) is 19.4 Å². The molecule has 1 aliphatic rings. The number of nitrogens with one attached hydrogen (secondary N) is 2. The summed E-state index contributed by atoms with van der Waals surface area (Å²) in [6, 6.07) is 10.6. The first-order valence-electron chi connectivity index (χ1n) is 7.69. The Kier molecular flexibility index (Phi) is 4.55. The molecule has 3 N–H and O–H groups in total. The largest absolute Gasteiger partial charge is 0.508 e. The van der Waals surface area contributed by atoms with Crippen molar-refractivity contribution in [1.82, 2.24) is 10.3 Å². The molecule has 1 amide bonds. The van der Waals surface area contributed by atoms with E-state index in [9.17, 15) is 18.3 Å². The van der Waals surface area contributed by atoms with Crippen LogP contribution < -0.4 is 10.3 Å². The molecule has 0 saturated heterocycles. The summed E-state index contributed by atoms with van der Waals surface area (Å²) in [7, 11) is -3.84. The van der Waals surface area contributed by atoms with Crippen LogP contribution in [0.1, 0.15) is 34.3 Å². The minimum atomic E-state index is -3.84. The van der Waals surface area contributed by atoms with Crippen molar-refractivity contribution in [3.05, 3.63) is 59.2 Å². The topological polar surface area (TPSA) is 95.5 Å².